The highest BCUT2D eigenvalue weighted by molar-refractivity contribution is 5.72. The molecule has 0 unspecified atom stereocenters. The minimum atomic E-state index is -1.45. The number of terminal acetylenes is 1. The molecule has 1 aliphatic rings. The first-order valence-electron chi connectivity index (χ1n) is 7.57. The van der Waals surface area contributed by atoms with Gasteiger partial charge < -0.3 is 25.6 Å². The summed E-state index contributed by atoms with van der Waals surface area (Å²) in [6, 6.07) is 0. The summed E-state index contributed by atoms with van der Waals surface area (Å²) in [6.45, 7) is 0.681. The summed E-state index contributed by atoms with van der Waals surface area (Å²) >= 11 is 0. The summed E-state index contributed by atoms with van der Waals surface area (Å²) in [5.41, 5.74) is -2.75. The van der Waals surface area contributed by atoms with E-state index in [1.54, 1.807) is 0 Å². The second-order valence-electron chi connectivity index (χ2n) is 5.72. The largest absolute Gasteiger partial charge is 0.393 e. The molecule has 0 aliphatic carbocycles. The average molecular weight is 352 g/mol. The van der Waals surface area contributed by atoms with Crippen LogP contribution in [0.4, 0.5) is 5.69 Å². The standard InChI is InChI=1S/C15H20N4O6/c1-3-4-16-10-6-19(14(24)18-13(10)23)12-5-11(22)15(8-20,25-12)7-17-9(2)21/h1,6,11-12,16,20,22H,4-5,7-8H2,2H3,(H,17,21)(H,18,23,24)/t11-,12+,15+/m0/s1. The van der Waals surface area contributed by atoms with Crippen LogP contribution in [0.15, 0.2) is 15.8 Å². The van der Waals surface area contributed by atoms with E-state index in [1.807, 2.05) is 0 Å². The fourth-order valence-electron chi connectivity index (χ4n) is 2.58. The van der Waals surface area contributed by atoms with E-state index in [2.05, 4.69) is 21.5 Å². The van der Waals surface area contributed by atoms with Crippen molar-refractivity contribution in [1.29, 1.82) is 0 Å². The Morgan fingerprint density at radius 3 is 2.92 bits per heavy atom. The van der Waals surface area contributed by atoms with E-state index in [4.69, 9.17) is 11.2 Å². The zero-order chi connectivity index (χ0) is 18.6. The van der Waals surface area contributed by atoms with Gasteiger partial charge in [0, 0.05) is 19.5 Å². The predicted octanol–water partition coefficient (Wildman–Crippen LogP) is -2.27. The molecule has 3 atom stereocenters. The van der Waals surface area contributed by atoms with E-state index in [0.717, 1.165) is 4.57 Å². The van der Waals surface area contributed by atoms with Gasteiger partial charge in [-0.1, -0.05) is 5.92 Å². The van der Waals surface area contributed by atoms with Crippen LogP contribution < -0.4 is 21.9 Å². The van der Waals surface area contributed by atoms with Crippen molar-refractivity contribution in [2.75, 3.05) is 25.0 Å². The minimum Gasteiger partial charge on any atom is -0.393 e. The van der Waals surface area contributed by atoms with Gasteiger partial charge in [0.2, 0.25) is 5.91 Å². The molecule has 5 N–H and O–H groups in total. The van der Waals surface area contributed by atoms with Crippen LogP contribution in [-0.4, -0.2) is 57.1 Å². The van der Waals surface area contributed by atoms with E-state index in [1.165, 1.54) is 13.1 Å². The van der Waals surface area contributed by atoms with Crippen molar-refractivity contribution in [3.8, 4) is 12.3 Å². The molecule has 1 fully saturated rings. The number of nitrogens with one attached hydrogen (secondary N) is 3. The number of aliphatic hydroxyl groups excluding tert-OH is 2. The second-order valence-corrected chi connectivity index (χ2v) is 5.72. The third kappa shape index (κ3) is 3.90. The monoisotopic (exact) mass is 352 g/mol. The smallest absolute Gasteiger partial charge is 0.330 e. The third-order valence-corrected chi connectivity index (χ3v) is 3.97. The van der Waals surface area contributed by atoms with Gasteiger partial charge in [0.15, 0.2) is 0 Å². The first-order valence-corrected chi connectivity index (χ1v) is 7.57. The van der Waals surface area contributed by atoms with Crippen LogP contribution in [0.25, 0.3) is 0 Å². The van der Waals surface area contributed by atoms with Gasteiger partial charge in [-0.25, -0.2) is 4.79 Å². The number of hydrogen-bond acceptors (Lipinski definition) is 7. The van der Waals surface area contributed by atoms with Crippen molar-refractivity contribution in [3.05, 3.63) is 27.0 Å². The highest BCUT2D eigenvalue weighted by Crippen LogP contribution is 2.35. The Kier molecular flexibility index (Phi) is 5.63. The Morgan fingerprint density at radius 2 is 2.32 bits per heavy atom. The van der Waals surface area contributed by atoms with Gasteiger partial charge in [0.1, 0.15) is 17.5 Å². The van der Waals surface area contributed by atoms with E-state index >= 15 is 0 Å². The summed E-state index contributed by atoms with van der Waals surface area (Å²) in [4.78, 5) is 37.1. The van der Waals surface area contributed by atoms with Gasteiger partial charge in [0.25, 0.3) is 5.56 Å². The van der Waals surface area contributed by atoms with Crippen LogP contribution in [0.5, 0.6) is 0 Å². The van der Waals surface area contributed by atoms with Crippen molar-refractivity contribution >= 4 is 11.6 Å². The van der Waals surface area contributed by atoms with Gasteiger partial charge >= 0.3 is 5.69 Å². The number of rotatable bonds is 6. The van der Waals surface area contributed by atoms with Crippen LogP contribution in [0, 0.1) is 12.3 Å². The topological polar surface area (TPSA) is 146 Å². The fourth-order valence-corrected chi connectivity index (χ4v) is 2.58. The quantitative estimate of drug-likeness (QED) is 0.363. The molecule has 10 heteroatoms. The second kappa shape index (κ2) is 7.52. The molecule has 10 nitrogen and oxygen atoms in total. The Labute approximate surface area is 142 Å². The van der Waals surface area contributed by atoms with Gasteiger partial charge in [-0.05, 0) is 0 Å². The lowest BCUT2D eigenvalue weighted by atomic mass is 9.97. The maximum Gasteiger partial charge on any atom is 0.330 e. The first kappa shape index (κ1) is 18.7. The molecule has 2 rings (SSSR count). The van der Waals surface area contributed by atoms with Crippen LogP contribution in [0.3, 0.4) is 0 Å². The number of nitrogens with zero attached hydrogens (tertiary/aromatic N) is 1. The summed E-state index contributed by atoms with van der Waals surface area (Å²) in [5.74, 6) is 1.96. The number of carbonyl (C=O) groups excluding carboxylic acids is 1. The number of hydrogen-bond donors (Lipinski definition) is 5. The van der Waals surface area contributed by atoms with E-state index in [9.17, 15) is 24.6 Å². The Hall–Kier alpha value is -2.61. The van der Waals surface area contributed by atoms with Crippen molar-refractivity contribution < 1.29 is 19.7 Å². The molecule has 25 heavy (non-hydrogen) atoms. The van der Waals surface area contributed by atoms with Crippen molar-refractivity contribution in [2.24, 2.45) is 0 Å². The minimum absolute atomic E-state index is 0.0132. The number of aromatic amines is 1. The molecule has 0 saturated carbocycles. The Morgan fingerprint density at radius 1 is 1.60 bits per heavy atom. The Bertz CT molecular complexity index is 794. The number of H-pyrrole nitrogens is 1. The number of carbonyl (C=O) groups is 1. The number of ether oxygens (including phenoxy) is 1. The van der Waals surface area contributed by atoms with Crippen molar-refractivity contribution in [1.82, 2.24) is 14.9 Å². The molecule has 136 valence electrons. The van der Waals surface area contributed by atoms with Crippen LogP contribution >= 0.6 is 0 Å². The normalized spacial score (nSPS) is 25.4. The fraction of sp³-hybridized carbons (Fsp3) is 0.533. The van der Waals surface area contributed by atoms with Gasteiger partial charge in [0.05, 0.1) is 25.8 Å². The molecule has 0 radical (unpaired) electrons. The van der Waals surface area contributed by atoms with E-state index in [0.29, 0.717) is 0 Å². The summed E-state index contributed by atoms with van der Waals surface area (Å²) in [6.07, 6.45) is 4.29. The maximum atomic E-state index is 12.1. The van der Waals surface area contributed by atoms with Crippen molar-refractivity contribution in [3.63, 3.8) is 0 Å². The van der Waals surface area contributed by atoms with Crippen LogP contribution in [0.2, 0.25) is 0 Å². The number of amides is 1. The lowest BCUT2D eigenvalue weighted by molar-refractivity contribution is -0.134. The highest BCUT2D eigenvalue weighted by atomic mass is 16.6. The number of aromatic nitrogens is 2. The van der Waals surface area contributed by atoms with E-state index < -0.39 is 35.8 Å². The van der Waals surface area contributed by atoms with Gasteiger partial charge in [-0.15, -0.1) is 6.42 Å². The molecule has 1 aromatic heterocycles. The lowest BCUT2D eigenvalue weighted by Crippen LogP contribution is -2.52. The maximum absolute atomic E-state index is 12.1. The first-order chi connectivity index (χ1) is 11.8. The molecule has 2 heterocycles. The lowest BCUT2D eigenvalue weighted by Gasteiger charge is -2.30. The Balaban J connectivity index is 2.31. The molecule has 1 amide bonds. The predicted molar refractivity (Wildman–Crippen MR) is 87.9 cm³/mol. The van der Waals surface area contributed by atoms with Gasteiger partial charge in [-0.3, -0.25) is 19.1 Å². The highest BCUT2D eigenvalue weighted by Gasteiger charge is 2.48. The zero-order valence-corrected chi connectivity index (χ0v) is 13.6. The van der Waals surface area contributed by atoms with Gasteiger partial charge in [-0.2, -0.15) is 0 Å². The summed E-state index contributed by atoms with van der Waals surface area (Å²) in [7, 11) is 0. The molecule has 1 aromatic rings. The molecule has 1 saturated heterocycles. The third-order valence-electron chi connectivity index (χ3n) is 3.97. The average Bonchev–Trinajstić information content (AvgIpc) is 2.89. The van der Waals surface area contributed by atoms with Crippen LogP contribution in [-0.2, 0) is 9.53 Å². The molecule has 0 aromatic carbocycles. The van der Waals surface area contributed by atoms with E-state index in [-0.39, 0.29) is 31.1 Å². The summed E-state index contributed by atoms with van der Waals surface area (Å²) < 4.78 is 6.78. The molecular formula is C15H20N4O6. The summed E-state index contributed by atoms with van der Waals surface area (Å²) in [5, 5.41) is 25.1. The molecule has 0 bridgehead atoms. The molecule has 1 aliphatic heterocycles. The number of aliphatic hydroxyl groups is 2. The number of anilines is 1. The molecule has 0 spiro atoms. The van der Waals surface area contributed by atoms with Crippen LogP contribution in [0.1, 0.15) is 19.6 Å². The molecular weight excluding hydrogens is 332 g/mol. The SMILES string of the molecule is C#CCNc1cn([C@H]2C[C@H](O)[C@](CO)(CNC(C)=O)O2)c(=O)[nH]c1=O. The van der Waals surface area contributed by atoms with Crippen molar-refractivity contribution in [2.45, 2.75) is 31.3 Å². The zero-order valence-electron chi connectivity index (χ0n) is 13.6.